The van der Waals surface area contributed by atoms with E-state index in [9.17, 15) is 0 Å². The average Bonchev–Trinajstić information content (AvgIpc) is 2.31. The molecule has 0 saturated carbocycles. The van der Waals surface area contributed by atoms with E-state index in [-0.39, 0.29) is 0 Å². The van der Waals surface area contributed by atoms with E-state index in [1.807, 2.05) is 12.3 Å². The lowest BCUT2D eigenvalue weighted by Gasteiger charge is -2.28. The topological polar surface area (TPSA) is 28.2 Å². The zero-order valence-electron chi connectivity index (χ0n) is 10.7. The van der Waals surface area contributed by atoms with E-state index in [1.165, 1.54) is 12.0 Å². The van der Waals surface area contributed by atoms with Crippen molar-refractivity contribution >= 4 is 5.82 Å². The van der Waals surface area contributed by atoms with Crippen molar-refractivity contribution in [3.63, 3.8) is 0 Å². The van der Waals surface area contributed by atoms with E-state index < -0.39 is 0 Å². The monoisotopic (exact) mass is 221 g/mol. The zero-order chi connectivity index (χ0) is 11.8. The van der Waals surface area contributed by atoms with E-state index in [1.54, 1.807) is 0 Å². The lowest BCUT2D eigenvalue weighted by Crippen LogP contribution is -2.43. The standard InChI is InChI=1S/C10H15N3.C3H8/c1-9-2-3-12-10(8-9)13-6-4-11-5-7-13;1-3-2/h2-3,8,11H,4-7H2,1H3;3H2,1-2H3. The van der Waals surface area contributed by atoms with Gasteiger partial charge in [-0.3, -0.25) is 0 Å². The van der Waals surface area contributed by atoms with Crippen LogP contribution in [0.5, 0.6) is 0 Å². The Morgan fingerprint density at radius 2 is 1.94 bits per heavy atom. The molecule has 1 saturated heterocycles. The molecule has 0 atom stereocenters. The van der Waals surface area contributed by atoms with Crippen LogP contribution < -0.4 is 10.2 Å². The van der Waals surface area contributed by atoms with Crippen molar-refractivity contribution in [2.45, 2.75) is 27.2 Å². The molecule has 90 valence electrons. The number of nitrogens with zero attached hydrogens (tertiary/aromatic N) is 2. The molecule has 0 aliphatic carbocycles. The van der Waals surface area contributed by atoms with Gasteiger partial charge in [-0.15, -0.1) is 0 Å². The van der Waals surface area contributed by atoms with Crippen LogP contribution in [-0.2, 0) is 0 Å². The van der Waals surface area contributed by atoms with Crippen LogP contribution in [0.15, 0.2) is 18.3 Å². The molecule has 1 fully saturated rings. The number of aromatic nitrogens is 1. The van der Waals surface area contributed by atoms with Crippen LogP contribution in [0.4, 0.5) is 5.82 Å². The summed E-state index contributed by atoms with van der Waals surface area (Å²) in [6, 6.07) is 4.18. The number of piperazine rings is 1. The van der Waals surface area contributed by atoms with E-state index in [0.717, 1.165) is 32.0 Å². The minimum Gasteiger partial charge on any atom is -0.354 e. The second-order valence-corrected chi connectivity index (χ2v) is 4.14. The van der Waals surface area contributed by atoms with Gasteiger partial charge in [-0.25, -0.2) is 4.98 Å². The molecule has 3 nitrogen and oxygen atoms in total. The summed E-state index contributed by atoms with van der Waals surface area (Å²) in [4.78, 5) is 6.68. The van der Waals surface area contributed by atoms with Crippen LogP contribution in [0.25, 0.3) is 0 Å². The van der Waals surface area contributed by atoms with Crippen molar-refractivity contribution in [1.29, 1.82) is 0 Å². The molecule has 2 rings (SSSR count). The van der Waals surface area contributed by atoms with Gasteiger partial charge in [-0.2, -0.15) is 0 Å². The fourth-order valence-electron chi connectivity index (χ4n) is 1.59. The zero-order valence-corrected chi connectivity index (χ0v) is 10.7. The van der Waals surface area contributed by atoms with Crippen molar-refractivity contribution in [3.8, 4) is 0 Å². The number of aryl methyl sites for hydroxylation is 1. The summed E-state index contributed by atoms with van der Waals surface area (Å²) in [7, 11) is 0. The number of hydrogen-bond acceptors (Lipinski definition) is 3. The van der Waals surface area contributed by atoms with Crippen LogP contribution >= 0.6 is 0 Å². The minimum absolute atomic E-state index is 1.07. The minimum atomic E-state index is 1.07. The summed E-state index contributed by atoms with van der Waals surface area (Å²) in [6.45, 7) is 10.6. The first-order valence-electron chi connectivity index (χ1n) is 6.16. The average molecular weight is 221 g/mol. The predicted octanol–water partition coefficient (Wildman–Crippen LogP) is 2.22. The second kappa shape index (κ2) is 7.23. The highest BCUT2D eigenvalue weighted by molar-refractivity contribution is 5.41. The maximum atomic E-state index is 4.36. The predicted molar refractivity (Wildman–Crippen MR) is 70.0 cm³/mol. The van der Waals surface area contributed by atoms with Gasteiger partial charge in [0.2, 0.25) is 0 Å². The van der Waals surface area contributed by atoms with Crippen molar-refractivity contribution in [3.05, 3.63) is 23.9 Å². The summed E-state index contributed by atoms with van der Waals surface area (Å²) < 4.78 is 0. The van der Waals surface area contributed by atoms with Crippen LogP contribution in [0.1, 0.15) is 25.8 Å². The molecule has 1 aliphatic rings. The molecular formula is C13H23N3. The summed E-state index contributed by atoms with van der Waals surface area (Å²) in [5, 5.41) is 3.33. The first kappa shape index (κ1) is 13.0. The van der Waals surface area contributed by atoms with Crippen molar-refractivity contribution in [2.75, 3.05) is 31.1 Å². The quantitative estimate of drug-likeness (QED) is 0.788. The first-order chi connectivity index (χ1) is 7.77. The Balaban J connectivity index is 0.000000386. The molecule has 2 heterocycles. The number of nitrogens with one attached hydrogen (secondary N) is 1. The molecule has 0 radical (unpaired) electrons. The van der Waals surface area contributed by atoms with Crippen molar-refractivity contribution in [1.82, 2.24) is 10.3 Å². The van der Waals surface area contributed by atoms with Gasteiger partial charge in [0.15, 0.2) is 0 Å². The molecule has 3 heteroatoms. The number of anilines is 1. The van der Waals surface area contributed by atoms with E-state index in [4.69, 9.17) is 0 Å². The SMILES string of the molecule is CCC.Cc1ccnc(N2CCNCC2)c1. The molecule has 1 N–H and O–H groups in total. The number of hydrogen-bond donors (Lipinski definition) is 1. The molecule has 0 unspecified atom stereocenters. The van der Waals surface area contributed by atoms with Crippen LogP contribution in [-0.4, -0.2) is 31.2 Å². The third-order valence-corrected chi connectivity index (χ3v) is 2.34. The smallest absolute Gasteiger partial charge is 0.128 e. The Kier molecular flexibility index (Phi) is 5.86. The third kappa shape index (κ3) is 4.19. The Hall–Kier alpha value is -1.09. The van der Waals surface area contributed by atoms with Gasteiger partial charge in [0.1, 0.15) is 5.82 Å². The Morgan fingerprint density at radius 1 is 1.31 bits per heavy atom. The molecule has 0 bridgehead atoms. The van der Waals surface area contributed by atoms with Crippen molar-refractivity contribution < 1.29 is 0 Å². The highest BCUT2D eigenvalue weighted by Crippen LogP contribution is 2.11. The Bertz CT molecular complexity index is 293. The largest absolute Gasteiger partial charge is 0.354 e. The molecule has 0 amide bonds. The molecular weight excluding hydrogens is 198 g/mol. The summed E-state index contributed by atoms with van der Waals surface area (Å²) >= 11 is 0. The normalized spacial score (nSPS) is 15.3. The van der Waals surface area contributed by atoms with E-state index in [2.05, 4.69) is 42.0 Å². The van der Waals surface area contributed by atoms with Gasteiger partial charge < -0.3 is 10.2 Å². The van der Waals surface area contributed by atoms with E-state index in [0.29, 0.717) is 0 Å². The maximum absolute atomic E-state index is 4.36. The van der Waals surface area contributed by atoms with Crippen LogP contribution in [0, 0.1) is 6.92 Å². The highest BCUT2D eigenvalue weighted by Gasteiger charge is 2.10. The van der Waals surface area contributed by atoms with Gasteiger partial charge in [0.05, 0.1) is 0 Å². The molecule has 1 aliphatic heterocycles. The Labute approximate surface area is 98.9 Å². The van der Waals surface area contributed by atoms with E-state index >= 15 is 0 Å². The Morgan fingerprint density at radius 3 is 2.50 bits per heavy atom. The van der Waals surface area contributed by atoms with Crippen LogP contribution in [0.3, 0.4) is 0 Å². The molecule has 1 aromatic rings. The molecule has 1 aromatic heterocycles. The fraction of sp³-hybridized carbons (Fsp3) is 0.615. The molecule has 0 spiro atoms. The van der Waals surface area contributed by atoms with Gasteiger partial charge >= 0.3 is 0 Å². The molecule has 16 heavy (non-hydrogen) atoms. The summed E-state index contributed by atoms with van der Waals surface area (Å²) in [6.07, 6.45) is 3.13. The summed E-state index contributed by atoms with van der Waals surface area (Å²) in [5.74, 6) is 1.11. The fourth-order valence-corrected chi connectivity index (χ4v) is 1.59. The van der Waals surface area contributed by atoms with Gasteiger partial charge in [-0.05, 0) is 24.6 Å². The third-order valence-electron chi connectivity index (χ3n) is 2.34. The first-order valence-corrected chi connectivity index (χ1v) is 6.16. The maximum Gasteiger partial charge on any atom is 0.128 e. The molecule has 0 aromatic carbocycles. The van der Waals surface area contributed by atoms with Crippen molar-refractivity contribution in [2.24, 2.45) is 0 Å². The number of pyridine rings is 1. The second-order valence-electron chi connectivity index (χ2n) is 4.14. The lowest BCUT2D eigenvalue weighted by atomic mass is 10.2. The van der Waals surface area contributed by atoms with Gasteiger partial charge in [0.25, 0.3) is 0 Å². The lowest BCUT2D eigenvalue weighted by molar-refractivity contribution is 0.585. The van der Waals surface area contributed by atoms with Crippen LogP contribution in [0.2, 0.25) is 0 Å². The number of rotatable bonds is 1. The van der Waals surface area contributed by atoms with Gasteiger partial charge in [-0.1, -0.05) is 20.3 Å². The van der Waals surface area contributed by atoms with Gasteiger partial charge in [0, 0.05) is 32.4 Å². The highest BCUT2D eigenvalue weighted by atomic mass is 15.2. The summed E-state index contributed by atoms with van der Waals surface area (Å²) in [5.41, 5.74) is 1.28.